The van der Waals surface area contributed by atoms with Gasteiger partial charge in [0.1, 0.15) is 11.3 Å². The second kappa shape index (κ2) is 3.77. The van der Waals surface area contributed by atoms with Gasteiger partial charge in [-0.15, -0.1) is 0 Å². The number of anilines is 1. The normalized spacial score (nSPS) is 10.9. The summed E-state index contributed by atoms with van der Waals surface area (Å²) < 4.78 is 10.4. The van der Waals surface area contributed by atoms with Crippen molar-refractivity contribution < 1.29 is 9.15 Å². The van der Waals surface area contributed by atoms with Gasteiger partial charge >= 0.3 is 5.63 Å². The SMILES string of the molecule is COc1ccc2c(c1)c(=O)oc1cc(N)ccc12. The smallest absolute Gasteiger partial charge is 0.344 e. The van der Waals surface area contributed by atoms with Crippen molar-refractivity contribution in [3.05, 3.63) is 46.8 Å². The van der Waals surface area contributed by atoms with Crippen LogP contribution in [-0.4, -0.2) is 7.11 Å². The number of hydrogen-bond acceptors (Lipinski definition) is 4. The minimum Gasteiger partial charge on any atom is -0.497 e. The highest BCUT2D eigenvalue weighted by Gasteiger charge is 2.08. The molecule has 18 heavy (non-hydrogen) atoms. The van der Waals surface area contributed by atoms with E-state index in [1.165, 1.54) is 0 Å². The Labute approximate surface area is 103 Å². The molecule has 0 saturated carbocycles. The molecule has 0 atom stereocenters. The van der Waals surface area contributed by atoms with Crippen LogP contribution in [0.25, 0.3) is 21.7 Å². The lowest BCUT2D eigenvalue weighted by Gasteiger charge is -2.05. The van der Waals surface area contributed by atoms with E-state index in [1.807, 2.05) is 18.2 Å². The van der Waals surface area contributed by atoms with Crippen LogP contribution in [-0.2, 0) is 0 Å². The van der Waals surface area contributed by atoms with Gasteiger partial charge in [0.25, 0.3) is 0 Å². The van der Waals surface area contributed by atoms with Crippen molar-refractivity contribution in [3.8, 4) is 5.75 Å². The molecule has 0 aliphatic carbocycles. The third-order valence-corrected chi connectivity index (χ3v) is 2.95. The molecule has 2 N–H and O–H groups in total. The van der Waals surface area contributed by atoms with E-state index in [0.29, 0.717) is 22.4 Å². The molecular weight excluding hydrogens is 230 g/mol. The zero-order chi connectivity index (χ0) is 12.7. The molecule has 4 nitrogen and oxygen atoms in total. The van der Waals surface area contributed by atoms with Gasteiger partial charge in [-0.3, -0.25) is 0 Å². The van der Waals surface area contributed by atoms with Gasteiger partial charge in [0.05, 0.1) is 12.5 Å². The van der Waals surface area contributed by atoms with Crippen LogP contribution in [0.1, 0.15) is 0 Å². The molecule has 1 heterocycles. The minimum atomic E-state index is -0.387. The fourth-order valence-corrected chi connectivity index (χ4v) is 2.05. The molecule has 0 spiro atoms. The van der Waals surface area contributed by atoms with Crippen LogP contribution in [0, 0.1) is 0 Å². The first-order valence-electron chi connectivity index (χ1n) is 5.49. The van der Waals surface area contributed by atoms with E-state index in [0.717, 1.165) is 10.8 Å². The summed E-state index contributed by atoms with van der Waals surface area (Å²) in [6.07, 6.45) is 0. The van der Waals surface area contributed by atoms with Crippen molar-refractivity contribution in [1.29, 1.82) is 0 Å². The van der Waals surface area contributed by atoms with E-state index in [4.69, 9.17) is 14.9 Å². The van der Waals surface area contributed by atoms with Gasteiger partial charge in [-0.1, -0.05) is 0 Å². The highest BCUT2D eigenvalue weighted by molar-refractivity contribution is 6.05. The van der Waals surface area contributed by atoms with Gasteiger partial charge in [0.2, 0.25) is 0 Å². The quantitative estimate of drug-likeness (QED) is 0.404. The molecule has 90 valence electrons. The van der Waals surface area contributed by atoms with Gasteiger partial charge in [-0.2, -0.15) is 0 Å². The number of rotatable bonds is 1. The second-order valence-corrected chi connectivity index (χ2v) is 4.06. The summed E-state index contributed by atoms with van der Waals surface area (Å²) in [5.74, 6) is 0.629. The first-order chi connectivity index (χ1) is 8.69. The van der Waals surface area contributed by atoms with E-state index in [2.05, 4.69) is 0 Å². The number of nitrogens with two attached hydrogens (primary N) is 1. The number of hydrogen-bond donors (Lipinski definition) is 1. The molecule has 3 rings (SSSR count). The fourth-order valence-electron chi connectivity index (χ4n) is 2.05. The first-order valence-corrected chi connectivity index (χ1v) is 5.49. The van der Waals surface area contributed by atoms with E-state index < -0.39 is 0 Å². The van der Waals surface area contributed by atoms with Crippen molar-refractivity contribution in [2.24, 2.45) is 0 Å². The number of methoxy groups -OCH3 is 1. The van der Waals surface area contributed by atoms with Crippen LogP contribution in [0.3, 0.4) is 0 Å². The Morgan fingerprint density at radius 2 is 1.83 bits per heavy atom. The van der Waals surface area contributed by atoms with Crippen LogP contribution in [0.4, 0.5) is 5.69 Å². The van der Waals surface area contributed by atoms with Crippen molar-refractivity contribution in [2.75, 3.05) is 12.8 Å². The van der Waals surface area contributed by atoms with Gasteiger partial charge in [-0.05, 0) is 30.3 Å². The molecule has 0 aliphatic heterocycles. The van der Waals surface area contributed by atoms with Crippen molar-refractivity contribution in [3.63, 3.8) is 0 Å². The maximum atomic E-state index is 11.9. The van der Waals surface area contributed by atoms with Crippen LogP contribution in [0.5, 0.6) is 5.75 Å². The average molecular weight is 241 g/mol. The zero-order valence-electron chi connectivity index (χ0n) is 9.77. The monoisotopic (exact) mass is 241 g/mol. The van der Waals surface area contributed by atoms with Gasteiger partial charge in [0.15, 0.2) is 0 Å². The Bertz CT molecular complexity index is 805. The summed E-state index contributed by atoms with van der Waals surface area (Å²) in [5, 5.41) is 2.20. The average Bonchev–Trinajstić information content (AvgIpc) is 2.38. The van der Waals surface area contributed by atoms with Crippen LogP contribution >= 0.6 is 0 Å². The van der Waals surface area contributed by atoms with Crippen molar-refractivity contribution in [2.45, 2.75) is 0 Å². The predicted octanol–water partition coefficient (Wildman–Crippen LogP) is 2.54. The maximum Gasteiger partial charge on any atom is 0.344 e. The lowest BCUT2D eigenvalue weighted by Crippen LogP contribution is -2.00. The molecule has 3 aromatic rings. The molecule has 0 bridgehead atoms. The third-order valence-electron chi connectivity index (χ3n) is 2.95. The topological polar surface area (TPSA) is 65.5 Å². The summed E-state index contributed by atoms with van der Waals surface area (Å²) in [6.45, 7) is 0. The van der Waals surface area contributed by atoms with Gasteiger partial charge < -0.3 is 14.9 Å². The Morgan fingerprint density at radius 1 is 1.06 bits per heavy atom. The van der Waals surface area contributed by atoms with Crippen LogP contribution in [0.15, 0.2) is 45.6 Å². The van der Waals surface area contributed by atoms with Gasteiger partial charge in [0, 0.05) is 22.5 Å². The van der Waals surface area contributed by atoms with Crippen LogP contribution in [0.2, 0.25) is 0 Å². The first kappa shape index (κ1) is 10.7. The van der Waals surface area contributed by atoms with Gasteiger partial charge in [-0.25, -0.2) is 4.79 Å². The van der Waals surface area contributed by atoms with Crippen molar-refractivity contribution in [1.82, 2.24) is 0 Å². The molecular formula is C14H11NO3. The highest BCUT2D eigenvalue weighted by Crippen LogP contribution is 2.26. The molecule has 0 saturated heterocycles. The summed E-state index contributed by atoms with van der Waals surface area (Å²) in [6, 6.07) is 10.6. The number of fused-ring (bicyclic) bond motifs is 3. The molecule has 0 unspecified atom stereocenters. The Kier molecular flexibility index (Phi) is 2.23. The predicted molar refractivity (Wildman–Crippen MR) is 71.0 cm³/mol. The molecule has 4 heteroatoms. The lowest BCUT2D eigenvalue weighted by molar-refractivity contribution is 0.415. The van der Waals surface area contributed by atoms with E-state index in [-0.39, 0.29) is 5.63 Å². The summed E-state index contributed by atoms with van der Waals surface area (Å²) >= 11 is 0. The number of nitrogen functional groups attached to an aromatic ring is 1. The Hall–Kier alpha value is -2.49. The molecule has 2 aromatic carbocycles. The maximum absolute atomic E-state index is 11.9. The van der Waals surface area contributed by atoms with Crippen LogP contribution < -0.4 is 16.1 Å². The largest absolute Gasteiger partial charge is 0.497 e. The van der Waals surface area contributed by atoms with E-state index in [1.54, 1.807) is 25.3 Å². The molecule has 1 aromatic heterocycles. The molecule has 0 radical (unpaired) electrons. The number of benzene rings is 2. The molecule has 0 aliphatic rings. The standard InChI is InChI=1S/C14H11NO3/c1-17-9-3-5-10-11-4-2-8(15)6-13(11)18-14(16)12(10)7-9/h2-7H,15H2,1H3. The zero-order valence-corrected chi connectivity index (χ0v) is 9.77. The molecule has 0 fully saturated rings. The molecule has 0 amide bonds. The summed E-state index contributed by atoms with van der Waals surface area (Å²) in [4.78, 5) is 11.9. The van der Waals surface area contributed by atoms with E-state index in [9.17, 15) is 4.79 Å². The fraction of sp³-hybridized carbons (Fsp3) is 0.0714. The second-order valence-electron chi connectivity index (χ2n) is 4.06. The van der Waals surface area contributed by atoms with E-state index >= 15 is 0 Å². The Balaban J connectivity index is 2.51. The number of ether oxygens (including phenoxy) is 1. The lowest BCUT2D eigenvalue weighted by atomic mass is 10.1. The summed E-state index contributed by atoms with van der Waals surface area (Å²) in [5.41, 5.74) is 6.36. The highest BCUT2D eigenvalue weighted by atomic mass is 16.5. The third kappa shape index (κ3) is 1.50. The Morgan fingerprint density at radius 3 is 2.61 bits per heavy atom. The van der Waals surface area contributed by atoms with Crippen molar-refractivity contribution >= 4 is 27.4 Å². The summed E-state index contributed by atoms with van der Waals surface area (Å²) in [7, 11) is 1.56. The minimum absolute atomic E-state index is 0.387.